The van der Waals surface area contributed by atoms with Gasteiger partial charge in [0.25, 0.3) is 0 Å². The van der Waals surface area contributed by atoms with Crippen LogP contribution >= 0.6 is 44.1 Å². The Kier molecular flexibility index (Phi) is 5.75. The molecule has 3 nitrogen and oxygen atoms in total. The summed E-state index contributed by atoms with van der Waals surface area (Å²) in [5.74, 6) is -0.576. The molecule has 98 valence electrons. The van der Waals surface area contributed by atoms with Gasteiger partial charge in [0, 0.05) is 8.95 Å². The number of halogens is 2. The quantitative estimate of drug-likeness (QED) is 0.766. The summed E-state index contributed by atoms with van der Waals surface area (Å²) in [6.07, 6.45) is 0. The molecule has 0 bridgehead atoms. The number of anilines is 1. The Morgan fingerprint density at radius 2 is 2.00 bits per heavy atom. The summed E-state index contributed by atoms with van der Waals surface area (Å²) in [5, 5.41) is 2.83. The van der Waals surface area contributed by atoms with Crippen molar-refractivity contribution < 1.29 is 4.79 Å². The van der Waals surface area contributed by atoms with E-state index in [4.69, 9.17) is 18.0 Å². The third kappa shape index (κ3) is 4.03. The van der Waals surface area contributed by atoms with E-state index in [2.05, 4.69) is 37.2 Å². The van der Waals surface area contributed by atoms with E-state index in [-0.39, 0.29) is 16.8 Å². The van der Waals surface area contributed by atoms with Crippen molar-refractivity contribution in [3.8, 4) is 0 Å². The van der Waals surface area contributed by atoms with E-state index in [1.54, 1.807) is 0 Å². The second-order valence-corrected chi connectivity index (χ2v) is 6.48. The lowest BCUT2D eigenvalue weighted by atomic mass is 9.95. The summed E-state index contributed by atoms with van der Waals surface area (Å²) in [6, 6.07) is 5.52. The van der Waals surface area contributed by atoms with Gasteiger partial charge in [-0.1, -0.05) is 42.0 Å². The fourth-order valence-electron chi connectivity index (χ4n) is 1.56. The average molecular weight is 394 g/mol. The minimum absolute atomic E-state index is 0.0664. The van der Waals surface area contributed by atoms with Crippen molar-refractivity contribution in [1.82, 2.24) is 0 Å². The second kappa shape index (κ2) is 6.63. The van der Waals surface area contributed by atoms with Crippen LogP contribution in [0.25, 0.3) is 0 Å². The predicted octanol–water partition coefficient (Wildman–Crippen LogP) is 3.71. The van der Waals surface area contributed by atoms with E-state index in [1.165, 1.54) is 0 Å². The van der Waals surface area contributed by atoms with Gasteiger partial charge >= 0.3 is 0 Å². The molecule has 6 heteroatoms. The molecular weight excluding hydrogens is 380 g/mol. The summed E-state index contributed by atoms with van der Waals surface area (Å²) >= 11 is 11.7. The maximum absolute atomic E-state index is 12.1. The zero-order chi connectivity index (χ0) is 13.9. The SMILES string of the molecule is CC(C)C(C(=O)Nc1ccc(Br)cc1Br)C(N)=S. The normalized spacial score (nSPS) is 12.3. The minimum atomic E-state index is -0.462. The van der Waals surface area contributed by atoms with Crippen LogP contribution in [0.4, 0.5) is 5.69 Å². The van der Waals surface area contributed by atoms with Gasteiger partial charge in [-0.3, -0.25) is 4.79 Å². The molecule has 0 aliphatic rings. The van der Waals surface area contributed by atoms with Gasteiger partial charge in [0.1, 0.15) is 0 Å². The second-order valence-electron chi connectivity index (χ2n) is 4.24. The van der Waals surface area contributed by atoms with Crippen molar-refractivity contribution in [1.29, 1.82) is 0 Å². The fourth-order valence-corrected chi connectivity index (χ4v) is 3.09. The molecule has 1 aromatic rings. The molecule has 0 spiro atoms. The number of hydrogen-bond donors (Lipinski definition) is 2. The lowest BCUT2D eigenvalue weighted by Gasteiger charge is -2.19. The molecule has 18 heavy (non-hydrogen) atoms. The minimum Gasteiger partial charge on any atom is -0.393 e. The summed E-state index contributed by atoms with van der Waals surface area (Å²) < 4.78 is 1.73. The summed E-state index contributed by atoms with van der Waals surface area (Å²) in [5.41, 5.74) is 6.30. The third-order valence-electron chi connectivity index (χ3n) is 2.44. The fraction of sp³-hybridized carbons (Fsp3) is 0.333. The van der Waals surface area contributed by atoms with Gasteiger partial charge in [0.05, 0.1) is 16.6 Å². The van der Waals surface area contributed by atoms with Crippen LogP contribution in [0.1, 0.15) is 13.8 Å². The number of hydrogen-bond acceptors (Lipinski definition) is 2. The van der Waals surface area contributed by atoms with Gasteiger partial charge in [-0.2, -0.15) is 0 Å². The molecule has 1 rings (SSSR count). The highest BCUT2D eigenvalue weighted by atomic mass is 79.9. The number of nitrogens with one attached hydrogen (secondary N) is 1. The third-order valence-corrected chi connectivity index (χ3v) is 3.85. The Balaban J connectivity index is 2.89. The highest BCUT2D eigenvalue weighted by molar-refractivity contribution is 9.11. The average Bonchev–Trinajstić information content (AvgIpc) is 2.21. The number of carbonyl (C=O) groups excluding carboxylic acids is 1. The number of carbonyl (C=O) groups is 1. The molecule has 1 unspecified atom stereocenters. The van der Waals surface area contributed by atoms with E-state index in [9.17, 15) is 4.79 Å². The van der Waals surface area contributed by atoms with Gasteiger partial charge in [-0.05, 0) is 40.0 Å². The molecule has 0 heterocycles. The van der Waals surface area contributed by atoms with Crippen molar-refractivity contribution in [3.05, 3.63) is 27.1 Å². The van der Waals surface area contributed by atoms with Crippen LogP contribution in [0.2, 0.25) is 0 Å². The first kappa shape index (κ1) is 15.6. The van der Waals surface area contributed by atoms with Crippen LogP contribution in [0, 0.1) is 11.8 Å². The molecule has 0 aromatic heterocycles. The van der Waals surface area contributed by atoms with Crippen molar-refractivity contribution in [2.24, 2.45) is 17.6 Å². The maximum atomic E-state index is 12.1. The lowest BCUT2D eigenvalue weighted by molar-refractivity contribution is -0.118. The first-order valence-corrected chi connectivity index (χ1v) is 7.37. The lowest BCUT2D eigenvalue weighted by Crippen LogP contribution is -2.36. The Hall–Kier alpha value is -0.460. The number of thiocarbonyl (C=S) groups is 1. The van der Waals surface area contributed by atoms with Crippen molar-refractivity contribution in [2.75, 3.05) is 5.32 Å². The molecule has 1 aromatic carbocycles. The molecule has 3 N–H and O–H groups in total. The zero-order valence-corrected chi connectivity index (χ0v) is 14.0. The van der Waals surface area contributed by atoms with E-state index in [0.717, 1.165) is 8.95 Å². The Morgan fingerprint density at radius 1 is 1.39 bits per heavy atom. The molecular formula is C12H14Br2N2OS. The Labute approximate surface area is 129 Å². The van der Waals surface area contributed by atoms with Crippen LogP contribution in [0.15, 0.2) is 27.1 Å². The standard InChI is InChI=1S/C12H14Br2N2OS/c1-6(2)10(11(15)18)12(17)16-9-4-3-7(13)5-8(9)14/h3-6,10H,1-2H3,(H2,15,18)(H,16,17). The predicted molar refractivity (Wildman–Crippen MR) is 85.6 cm³/mol. The highest BCUT2D eigenvalue weighted by Crippen LogP contribution is 2.27. The number of nitrogens with two attached hydrogens (primary N) is 1. The molecule has 0 aliphatic carbocycles. The van der Waals surface area contributed by atoms with Crippen LogP contribution in [-0.2, 0) is 4.79 Å². The van der Waals surface area contributed by atoms with Gasteiger partial charge in [-0.25, -0.2) is 0 Å². The zero-order valence-electron chi connectivity index (χ0n) is 10.0. The molecule has 0 fully saturated rings. The maximum Gasteiger partial charge on any atom is 0.234 e. The van der Waals surface area contributed by atoms with Gasteiger partial charge < -0.3 is 11.1 Å². The van der Waals surface area contributed by atoms with Crippen molar-refractivity contribution >= 4 is 60.7 Å². The monoisotopic (exact) mass is 392 g/mol. The molecule has 0 saturated carbocycles. The van der Waals surface area contributed by atoms with Crippen LogP contribution in [0.3, 0.4) is 0 Å². The number of benzene rings is 1. The highest BCUT2D eigenvalue weighted by Gasteiger charge is 2.25. The van der Waals surface area contributed by atoms with Gasteiger partial charge in [0.2, 0.25) is 5.91 Å². The molecule has 1 amide bonds. The Bertz CT molecular complexity index is 477. The summed E-state index contributed by atoms with van der Waals surface area (Å²) in [4.78, 5) is 12.3. The van der Waals surface area contributed by atoms with Gasteiger partial charge in [-0.15, -0.1) is 0 Å². The largest absolute Gasteiger partial charge is 0.393 e. The number of amides is 1. The summed E-state index contributed by atoms with van der Waals surface area (Å²) in [7, 11) is 0. The van der Waals surface area contributed by atoms with E-state index < -0.39 is 5.92 Å². The Morgan fingerprint density at radius 3 is 2.44 bits per heavy atom. The van der Waals surface area contributed by atoms with Crippen molar-refractivity contribution in [3.63, 3.8) is 0 Å². The molecule has 1 atom stereocenters. The number of rotatable bonds is 4. The van der Waals surface area contributed by atoms with E-state index in [1.807, 2.05) is 32.0 Å². The summed E-state index contributed by atoms with van der Waals surface area (Å²) in [6.45, 7) is 3.83. The molecule has 0 radical (unpaired) electrons. The van der Waals surface area contributed by atoms with Crippen molar-refractivity contribution in [2.45, 2.75) is 13.8 Å². The van der Waals surface area contributed by atoms with Crippen LogP contribution in [0.5, 0.6) is 0 Å². The van der Waals surface area contributed by atoms with Crippen LogP contribution in [-0.4, -0.2) is 10.9 Å². The van der Waals surface area contributed by atoms with Crippen LogP contribution < -0.4 is 11.1 Å². The van der Waals surface area contributed by atoms with E-state index >= 15 is 0 Å². The van der Waals surface area contributed by atoms with E-state index in [0.29, 0.717) is 5.69 Å². The first-order valence-electron chi connectivity index (χ1n) is 5.38. The molecule has 0 aliphatic heterocycles. The molecule has 0 saturated heterocycles. The smallest absolute Gasteiger partial charge is 0.234 e. The topological polar surface area (TPSA) is 55.1 Å². The first-order chi connectivity index (χ1) is 8.32. The van der Waals surface area contributed by atoms with Gasteiger partial charge in [0.15, 0.2) is 0 Å².